The Kier molecular flexibility index (Phi) is 3.31. The second-order valence-electron chi connectivity index (χ2n) is 3.18. The summed E-state index contributed by atoms with van der Waals surface area (Å²) in [6, 6.07) is 4.11. The lowest BCUT2D eigenvalue weighted by Gasteiger charge is -2.09. The molecule has 0 saturated heterocycles. The molecule has 0 aliphatic rings. The Labute approximate surface area is 107 Å². The molecule has 88 valence electrons. The zero-order valence-electron chi connectivity index (χ0n) is 8.42. The molecule has 0 fully saturated rings. The summed E-state index contributed by atoms with van der Waals surface area (Å²) in [7, 11) is 0. The average molecular weight is 273 g/mol. The minimum atomic E-state index is -0.469. The van der Waals surface area contributed by atoms with Gasteiger partial charge in [-0.15, -0.1) is 0 Å². The van der Waals surface area contributed by atoms with E-state index in [0.717, 1.165) is 0 Å². The van der Waals surface area contributed by atoms with Gasteiger partial charge in [0, 0.05) is 5.02 Å². The first-order valence-electron chi connectivity index (χ1n) is 4.56. The van der Waals surface area contributed by atoms with Crippen molar-refractivity contribution in [1.29, 1.82) is 0 Å². The summed E-state index contributed by atoms with van der Waals surface area (Å²) >= 11 is 11.5. The SMILES string of the molecule is Nc1c(Cl)ncnc1Nc1cc(Cl)ccc1F. The van der Waals surface area contributed by atoms with Crippen LogP contribution in [0.1, 0.15) is 0 Å². The third-order valence-corrected chi connectivity index (χ3v) is 2.55. The molecule has 2 aromatic rings. The van der Waals surface area contributed by atoms with E-state index in [0.29, 0.717) is 5.02 Å². The Morgan fingerprint density at radius 3 is 2.76 bits per heavy atom. The number of nitrogen functional groups attached to an aromatic ring is 1. The number of halogens is 3. The van der Waals surface area contributed by atoms with Crippen molar-refractivity contribution < 1.29 is 4.39 Å². The number of nitrogens with two attached hydrogens (primary N) is 1. The maximum Gasteiger partial charge on any atom is 0.158 e. The third kappa shape index (κ3) is 2.57. The van der Waals surface area contributed by atoms with Crippen LogP contribution in [0.15, 0.2) is 24.5 Å². The maximum absolute atomic E-state index is 13.4. The number of benzene rings is 1. The van der Waals surface area contributed by atoms with Gasteiger partial charge in [0.05, 0.1) is 5.69 Å². The lowest BCUT2D eigenvalue weighted by molar-refractivity contribution is 0.632. The van der Waals surface area contributed by atoms with Crippen LogP contribution in [-0.4, -0.2) is 9.97 Å². The topological polar surface area (TPSA) is 63.8 Å². The smallest absolute Gasteiger partial charge is 0.158 e. The molecule has 0 amide bonds. The summed E-state index contributed by atoms with van der Waals surface area (Å²) < 4.78 is 13.4. The van der Waals surface area contributed by atoms with Crippen molar-refractivity contribution in [2.45, 2.75) is 0 Å². The van der Waals surface area contributed by atoms with Gasteiger partial charge < -0.3 is 11.1 Å². The molecule has 1 heterocycles. The summed E-state index contributed by atoms with van der Waals surface area (Å²) in [5.41, 5.74) is 5.96. The van der Waals surface area contributed by atoms with Crippen LogP contribution in [0.4, 0.5) is 21.6 Å². The second-order valence-corrected chi connectivity index (χ2v) is 3.97. The largest absolute Gasteiger partial charge is 0.393 e. The van der Waals surface area contributed by atoms with E-state index in [9.17, 15) is 4.39 Å². The monoisotopic (exact) mass is 272 g/mol. The third-order valence-electron chi connectivity index (χ3n) is 2.02. The number of rotatable bonds is 2. The lowest BCUT2D eigenvalue weighted by atomic mass is 10.3. The fourth-order valence-electron chi connectivity index (χ4n) is 1.19. The first kappa shape index (κ1) is 11.9. The fraction of sp³-hybridized carbons (Fsp3) is 0. The molecule has 0 bridgehead atoms. The van der Waals surface area contributed by atoms with Gasteiger partial charge in [0.25, 0.3) is 0 Å². The van der Waals surface area contributed by atoms with Crippen LogP contribution in [0.25, 0.3) is 0 Å². The highest BCUT2D eigenvalue weighted by atomic mass is 35.5. The number of hydrogen-bond acceptors (Lipinski definition) is 4. The van der Waals surface area contributed by atoms with Gasteiger partial charge in [0.1, 0.15) is 17.8 Å². The number of aromatic nitrogens is 2. The van der Waals surface area contributed by atoms with E-state index >= 15 is 0 Å². The van der Waals surface area contributed by atoms with E-state index in [2.05, 4.69) is 15.3 Å². The van der Waals surface area contributed by atoms with Gasteiger partial charge in [-0.3, -0.25) is 0 Å². The standard InChI is InChI=1S/C10H7Cl2FN4/c11-5-1-2-6(13)7(3-5)17-10-8(14)9(12)15-4-16-10/h1-4H,14H2,(H,15,16,17). The molecule has 0 aliphatic carbocycles. The van der Waals surface area contributed by atoms with Crippen molar-refractivity contribution >= 4 is 40.4 Å². The van der Waals surface area contributed by atoms with E-state index in [-0.39, 0.29) is 22.3 Å². The van der Waals surface area contributed by atoms with Crippen LogP contribution in [0.3, 0.4) is 0 Å². The first-order valence-corrected chi connectivity index (χ1v) is 5.31. The molecule has 17 heavy (non-hydrogen) atoms. The molecule has 3 N–H and O–H groups in total. The zero-order chi connectivity index (χ0) is 12.4. The highest BCUT2D eigenvalue weighted by molar-refractivity contribution is 6.32. The van der Waals surface area contributed by atoms with Gasteiger partial charge in [0.15, 0.2) is 11.0 Å². The molecular formula is C10H7Cl2FN4. The number of nitrogens with one attached hydrogen (secondary N) is 1. The molecule has 7 heteroatoms. The molecule has 0 radical (unpaired) electrons. The van der Waals surface area contributed by atoms with Crippen molar-refractivity contribution in [3.05, 3.63) is 40.5 Å². The molecule has 0 atom stereocenters. The average Bonchev–Trinajstić information content (AvgIpc) is 2.30. The summed E-state index contributed by atoms with van der Waals surface area (Å²) in [6.07, 6.45) is 1.23. The summed E-state index contributed by atoms with van der Waals surface area (Å²) in [5.74, 6) is -0.241. The number of nitrogens with zero attached hydrogens (tertiary/aromatic N) is 2. The summed E-state index contributed by atoms with van der Waals surface area (Å²) in [6.45, 7) is 0. The van der Waals surface area contributed by atoms with Gasteiger partial charge in [0.2, 0.25) is 0 Å². The zero-order valence-corrected chi connectivity index (χ0v) is 9.93. The summed E-state index contributed by atoms with van der Waals surface area (Å²) in [4.78, 5) is 7.55. The van der Waals surface area contributed by atoms with E-state index in [4.69, 9.17) is 28.9 Å². The number of hydrogen-bond donors (Lipinski definition) is 2. The second kappa shape index (κ2) is 4.73. The van der Waals surface area contributed by atoms with Crippen molar-refractivity contribution in [2.24, 2.45) is 0 Å². The molecule has 0 unspecified atom stereocenters. The predicted octanol–water partition coefficient (Wildman–Crippen LogP) is 3.25. The molecule has 0 spiro atoms. The number of anilines is 3. The Hall–Kier alpha value is -1.59. The van der Waals surface area contributed by atoms with Crippen molar-refractivity contribution in [2.75, 3.05) is 11.1 Å². The fourth-order valence-corrected chi connectivity index (χ4v) is 1.50. The summed E-state index contributed by atoms with van der Waals surface area (Å²) in [5, 5.41) is 3.20. The predicted molar refractivity (Wildman–Crippen MR) is 66.1 cm³/mol. The van der Waals surface area contributed by atoms with Gasteiger partial charge in [-0.25, -0.2) is 14.4 Å². The van der Waals surface area contributed by atoms with Gasteiger partial charge >= 0.3 is 0 Å². The van der Waals surface area contributed by atoms with E-state index in [1.54, 1.807) is 0 Å². The highest BCUT2D eigenvalue weighted by Crippen LogP contribution is 2.28. The Morgan fingerprint density at radius 2 is 2.00 bits per heavy atom. The molecule has 1 aromatic heterocycles. The van der Waals surface area contributed by atoms with Crippen molar-refractivity contribution in [1.82, 2.24) is 9.97 Å². The molecule has 2 rings (SSSR count). The van der Waals surface area contributed by atoms with Crippen LogP contribution in [-0.2, 0) is 0 Å². The van der Waals surface area contributed by atoms with Crippen LogP contribution in [0, 0.1) is 5.82 Å². The molecule has 4 nitrogen and oxygen atoms in total. The Bertz CT molecular complexity index is 562. The Balaban J connectivity index is 2.38. The quantitative estimate of drug-likeness (QED) is 0.824. The molecular weight excluding hydrogens is 266 g/mol. The van der Waals surface area contributed by atoms with E-state index in [1.807, 2.05) is 0 Å². The Morgan fingerprint density at radius 1 is 1.24 bits per heavy atom. The lowest BCUT2D eigenvalue weighted by Crippen LogP contribution is -2.02. The van der Waals surface area contributed by atoms with Crippen LogP contribution in [0.5, 0.6) is 0 Å². The van der Waals surface area contributed by atoms with Crippen molar-refractivity contribution in [3.8, 4) is 0 Å². The van der Waals surface area contributed by atoms with Crippen LogP contribution in [0.2, 0.25) is 10.2 Å². The first-order chi connectivity index (χ1) is 8.08. The normalized spacial score (nSPS) is 10.3. The van der Waals surface area contributed by atoms with E-state index < -0.39 is 5.82 Å². The molecule has 0 aliphatic heterocycles. The minimum absolute atomic E-state index is 0.102. The van der Waals surface area contributed by atoms with Gasteiger partial charge in [-0.2, -0.15) is 0 Å². The highest BCUT2D eigenvalue weighted by Gasteiger charge is 2.09. The van der Waals surface area contributed by atoms with E-state index in [1.165, 1.54) is 24.5 Å². The van der Waals surface area contributed by atoms with Crippen LogP contribution < -0.4 is 11.1 Å². The minimum Gasteiger partial charge on any atom is -0.393 e. The van der Waals surface area contributed by atoms with Gasteiger partial charge in [-0.1, -0.05) is 23.2 Å². The maximum atomic E-state index is 13.4. The molecule has 1 aromatic carbocycles. The van der Waals surface area contributed by atoms with Crippen LogP contribution >= 0.6 is 23.2 Å². The van der Waals surface area contributed by atoms with Gasteiger partial charge in [-0.05, 0) is 18.2 Å². The molecule has 0 saturated carbocycles. The van der Waals surface area contributed by atoms with Crippen molar-refractivity contribution in [3.63, 3.8) is 0 Å².